The van der Waals surface area contributed by atoms with Crippen LogP contribution in [0.25, 0.3) is 20.7 Å². The summed E-state index contributed by atoms with van der Waals surface area (Å²) in [6.07, 6.45) is 0. The average molecular weight is 161 g/mol. The van der Waals surface area contributed by atoms with E-state index in [0.29, 0.717) is 0 Å². The van der Waals surface area contributed by atoms with Crippen molar-refractivity contribution >= 4 is 75.3 Å². The third-order valence-corrected chi connectivity index (χ3v) is 2.61. The Morgan fingerprint density at radius 2 is 1.14 bits per heavy atom. The van der Waals surface area contributed by atoms with Gasteiger partial charge in [-0.3, -0.25) is 0 Å². The Hall–Kier alpha value is -0.261. The van der Waals surface area contributed by atoms with Crippen LogP contribution >= 0.6 is 0 Å². The maximum absolute atomic E-state index is 2.24. The molecule has 8 heteroatoms. The normalized spacial score (nSPS) is 8.57. The quantitative estimate of drug-likeness (QED) is 0.359. The topological polar surface area (TPSA) is 0 Å². The van der Waals surface area contributed by atoms with Crippen LogP contribution in [-0.2, 0) is 0 Å². The molecule has 0 saturated carbocycles. The van der Waals surface area contributed by atoms with E-state index in [1.165, 1.54) is 20.7 Å². The van der Waals surface area contributed by atoms with Crippen molar-refractivity contribution in [2.75, 3.05) is 0 Å². The van der Waals surface area contributed by atoms with Crippen molar-refractivity contribution in [1.29, 1.82) is 0 Å². The monoisotopic (exact) mass is 162 g/mol. The van der Waals surface area contributed by atoms with E-state index >= 15 is 0 Å². The number of fused-ring (bicyclic) bond motifs is 2. The second-order valence-electron chi connectivity index (χ2n) is 3.55. The summed E-state index contributed by atoms with van der Waals surface area (Å²) >= 11 is 0. The number of hydrogen-bond donors (Lipinski definition) is 0. The molecule has 0 atom stereocenters. The van der Waals surface area contributed by atoms with E-state index in [0.717, 1.165) is 0 Å². The van der Waals surface area contributed by atoms with Gasteiger partial charge >= 0.3 is 87.2 Å². The first-order valence-corrected chi connectivity index (χ1v) is 4.81. The second-order valence-corrected chi connectivity index (χ2v) is 3.55. The van der Waals surface area contributed by atoms with Gasteiger partial charge in [0.25, 0.3) is 0 Å². The van der Waals surface area contributed by atoms with Crippen molar-refractivity contribution in [3.63, 3.8) is 0 Å². The Kier molecular flexibility index (Phi) is 2.39. The van der Waals surface area contributed by atoms with Crippen molar-refractivity contribution in [2.45, 2.75) is 0 Å². The molecule has 0 aromatic carbocycles. The molecule has 0 amide bonds. The second kappa shape index (κ2) is 3.71. The van der Waals surface area contributed by atoms with E-state index in [1.807, 2.05) is 0 Å². The molecule has 0 N–H and O–H groups in total. The van der Waals surface area contributed by atoms with E-state index in [2.05, 4.69) is 66.5 Å². The zero-order valence-electron chi connectivity index (χ0n) is 7.77. The van der Waals surface area contributed by atoms with Gasteiger partial charge in [0.2, 0.25) is 0 Å². The molecule has 3 rings (SSSR count). The summed E-state index contributed by atoms with van der Waals surface area (Å²) in [5.41, 5.74) is 0. The molecule has 0 aliphatic carbocycles. The fourth-order valence-corrected chi connectivity index (χ4v) is 1.88. The maximum atomic E-state index is 2.24. The molecule has 50 valence electrons. The molecular weight excluding hydrogens is 159 g/mol. The first-order valence-electron chi connectivity index (χ1n) is 4.81. The summed E-state index contributed by atoms with van der Waals surface area (Å²) in [6.45, 7) is 17.3. The summed E-state index contributed by atoms with van der Waals surface area (Å²) in [4.78, 5) is 0. The van der Waals surface area contributed by atoms with E-state index in [9.17, 15) is 0 Å². The number of hydrogen-bond acceptors (Lipinski definition) is 0. The first-order chi connectivity index (χ1) is 6.93. The SMILES string of the molecule is b1bbc2bc3bccbc3bc2b1. The van der Waals surface area contributed by atoms with Crippen LogP contribution in [0.2, 0.25) is 0 Å². The van der Waals surface area contributed by atoms with Crippen LogP contribution in [0.3, 0.4) is 0 Å². The van der Waals surface area contributed by atoms with Gasteiger partial charge in [-0.05, 0) is 0 Å². The van der Waals surface area contributed by atoms with E-state index < -0.39 is 0 Å². The molecule has 0 radical (unpaired) electrons. The molecule has 3 aromatic heterocycles. The van der Waals surface area contributed by atoms with Gasteiger partial charge in [0.05, 0.1) is 0 Å². The van der Waals surface area contributed by atoms with Crippen LogP contribution in [0.15, 0.2) is 11.9 Å². The molecular formula is C6H2B8. The molecule has 0 bridgehead atoms. The summed E-state index contributed by atoms with van der Waals surface area (Å²) in [5, 5.41) is 5.25. The Morgan fingerprint density at radius 1 is 0.643 bits per heavy atom. The van der Waals surface area contributed by atoms with E-state index in [-0.39, 0.29) is 0 Å². The summed E-state index contributed by atoms with van der Waals surface area (Å²) in [6, 6.07) is 0. The minimum atomic E-state index is 1.31. The van der Waals surface area contributed by atoms with Gasteiger partial charge in [0.1, 0.15) is 0 Å². The molecule has 0 nitrogen and oxygen atoms in total. The molecule has 0 unspecified atom stereocenters. The first kappa shape index (κ1) is 9.00. The predicted octanol–water partition coefficient (Wildman–Crippen LogP) is -1.30. The Morgan fingerprint density at radius 3 is 1.64 bits per heavy atom. The zero-order valence-corrected chi connectivity index (χ0v) is 7.77. The van der Waals surface area contributed by atoms with Gasteiger partial charge in [0, 0.05) is 0 Å². The summed E-state index contributed by atoms with van der Waals surface area (Å²) in [7, 11) is 0. The van der Waals surface area contributed by atoms with E-state index in [4.69, 9.17) is 0 Å². The molecule has 0 aliphatic heterocycles. The van der Waals surface area contributed by atoms with Crippen LogP contribution in [0, 0.1) is 0 Å². The van der Waals surface area contributed by atoms with Crippen LogP contribution in [0.4, 0.5) is 0 Å². The molecule has 0 fully saturated rings. The van der Waals surface area contributed by atoms with Crippen molar-refractivity contribution in [1.82, 2.24) is 0 Å². The zero-order chi connectivity index (χ0) is 9.38. The third kappa shape index (κ3) is 1.53. The van der Waals surface area contributed by atoms with Crippen LogP contribution in [-0.4, -0.2) is 54.6 Å². The van der Waals surface area contributed by atoms with Gasteiger partial charge < -0.3 is 0 Å². The Labute approximate surface area is 87.5 Å². The van der Waals surface area contributed by atoms with Gasteiger partial charge in [-0.2, -0.15) is 0 Å². The molecule has 3 heterocycles. The average Bonchev–Trinajstić information content (AvgIpc) is 2.26. The standard InChI is InChI=1S/C6H2B8/c1-2-8-4-3(7-1)9-5-6(10-4)12-14-13-11-5/h1-2H. The third-order valence-electron chi connectivity index (χ3n) is 2.61. The molecule has 14 heavy (non-hydrogen) atoms. The van der Waals surface area contributed by atoms with Gasteiger partial charge in [-0.25, -0.2) is 0 Å². The summed E-state index contributed by atoms with van der Waals surface area (Å²) in [5.74, 6) is 4.16. The van der Waals surface area contributed by atoms with Crippen molar-refractivity contribution in [3.05, 3.63) is 11.9 Å². The fourth-order valence-electron chi connectivity index (χ4n) is 1.88. The van der Waals surface area contributed by atoms with Gasteiger partial charge in [0.15, 0.2) is 0 Å². The fraction of sp³-hybridized carbons (Fsp3) is 0. The van der Waals surface area contributed by atoms with Crippen molar-refractivity contribution in [3.8, 4) is 0 Å². The molecule has 0 spiro atoms. The number of rotatable bonds is 0. The van der Waals surface area contributed by atoms with Gasteiger partial charge in [-0.15, -0.1) is 0 Å². The predicted molar refractivity (Wildman–Crippen MR) is 72.2 cm³/mol. The minimum absolute atomic E-state index is 1.31. The van der Waals surface area contributed by atoms with Crippen molar-refractivity contribution in [2.24, 2.45) is 0 Å². The Bertz CT molecular complexity index is 503. The molecule has 0 aliphatic rings. The molecule has 0 saturated heterocycles. The summed E-state index contributed by atoms with van der Waals surface area (Å²) < 4.78 is 0. The Balaban J connectivity index is 2.52. The van der Waals surface area contributed by atoms with E-state index in [1.54, 1.807) is 0 Å². The van der Waals surface area contributed by atoms with Crippen LogP contribution in [0.1, 0.15) is 0 Å². The van der Waals surface area contributed by atoms with Crippen LogP contribution in [0.5, 0.6) is 0 Å². The molecule has 3 aromatic rings. The van der Waals surface area contributed by atoms with Crippen LogP contribution < -0.4 is 0 Å². The van der Waals surface area contributed by atoms with Gasteiger partial charge in [-0.1, -0.05) is 0 Å². The van der Waals surface area contributed by atoms with Crippen molar-refractivity contribution < 1.29 is 0 Å².